The molecule has 0 spiro atoms. The van der Waals surface area contributed by atoms with Crippen LogP contribution in [0.4, 0.5) is 4.39 Å². The van der Waals surface area contributed by atoms with E-state index in [-0.39, 0.29) is 10.7 Å². The zero-order valence-electron chi connectivity index (χ0n) is 7.87. The number of fused-ring (bicyclic) bond motifs is 3. The van der Waals surface area contributed by atoms with Crippen molar-refractivity contribution < 1.29 is 4.39 Å². The van der Waals surface area contributed by atoms with Crippen molar-refractivity contribution in [2.45, 2.75) is 0 Å². The van der Waals surface area contributed by atoms with E-state index in [2.05, 4.69) is 10.1 Å². The van der Waals surface area contributed by atoms with Gasteiger partial charge in [0.25, 0.3) is 5.56 Å². The highest BCUT2D eigenvalue weighted by Gasteiger charge is 2.10. The normalized spacial score (nSPS) is 11.4. The summed E-state index contributed by atoms with van der Waals surface area (Å²) in [6.07, 6.45) is 0. The first-order valence-corrected chi connectivity index (χ1v) is 4.90. The van der Waals surface area contributed by atoms with E-state index in [0.29, 0.717) is 11.0 Å². The highest BCUT2D eigenvalue weighted by molar-refractivity contribution is 6.29. The Kier molecular flexibility index (Phi) is 1.79. The van der Waals surface area contributed by atoms with E-state index in [1.807, 2.05) is 0 Å². The topological polar surface area (TPSA) is 50.2 Å². The minimum absolute atomic E-state index is 0.125. The second-order valence-electron chi connectivity index (χ2n) is 3.35. The molecule has 0 bridgehead atoms. The first kappa shape index (κ1) is 9.35. The molecule has 3 rings (SSSR count). The van der Waals surface area contributed by atoms with Gasteiger partial charge in [-0.3, -0.25) is 4.79 Å². The molecule has 3 aromatic rings. The van der Waals surface area contributed by atoms with Crippen LogP contribution in [-0.2, 0) is 0 Å². The van der Waals surface area contributed by atoms with Crippen molar-refractivity contribution in [1.29, 1.82) is 0 Å². The van der Waals surface area contributed by atoms with Crippen LogP contribution in [0.5, 0.6) is 0 Å². The van der Waals surface area contributed by atoms with E-state index in [1.165, 1.54) is 16.6 Å². The molecule has 2 aromatic heterocycles. The monoisotopic (exact) mass is 237 g/mol. The van der Waals surface area contributed by atoms with Crippen molar-refractivity contribution in [2.24, 2.45) is 0 Å². The highest BCUT2D eigenvalue weighted by atomic mass is 35.5. The first-order valence-electron chi connectivity index (χ1n) is 4.52. The van der Waals surface area contributed by atoms with Crippen LogP contribution in [0.3, 0.4) is 0 Å². The van der Waals surface area contributed by atoms with Gasteiger partial charge in [0.1, 0.15) is 16.9 Å². The highest BCUT2D eigenvalue weighted by Crippen LogP contribution is 2.16. The Morgan fingerprint density at radius 3 is 3.00 bits per heavy atom. The van der Waals surface area contributed by atoms with Crippen LogP contribution in [0.25, 0.3) is 16.6 Å². The Labute approximate surface area is 93.3 Å². The van der Waals surface area contributed by atoms with Gasteiger partial charge in [-0.05, 0) is 12.1 Å². The number of halogens is 2. The van der Waals surface area contributed by atoms with Crippen LogP contribution in [0, 0.1) is 5.82 Å². The third-order valence-electron chi connectivity index (χ3n) is 2.37. The lowest BCUT2D eigenvalue weighted by molar-refractivity contribution is 0.635. The fourth-order valence-electron chi connectivity index (χ4n) is 1.69. The van der Waals surface area contributed by atoms with Gasteiger partial charge in [0.15, 0.2) is 5.15 Å². The van der Waals surface area contributed by atoms with Gasteiger partial charge >= 0.3 is 0 Å². The number of hydrogen-bond acceptors (Lipinski definition) is 2. The molecular weight excluding hydrogens is 233 g/mol. The molecule has 0 aliphatic carbocycles. The van der Waals surface area contributed by atoms with Gasteiger partial charge in [0.2, 0.25) is 0 Å². The number of para-hydroxylation sites is 1. The minimum Gasteiger partial charge on any atom is -0.316 e. The molecule has 2 heterocycles. The van der Waals surface area contributed by atoms with E-state index >= 15 is 0 Å². The summed E-state index contributed by atoms with van der Waals surface area (Å²) in [6.45, 7) is 0. The van der Waals surface area contributed by atoms with E-state index in [4.69, 9.17) is 11.6 Å². The van der Waals surface area contributed by atoms with Gasteiger partial charge in [-0.1, -0.05) is 17.7 Å². The lowest BCUT2D eigenvalue weighted by Crippen LogP contribution is -2.11. The number of aromatic amines is 1. The third-order valence-corrected chi connectivity index (χ3v) is 2.56. The fourth-order valence-corrected chi connectivity index (χ4v) is 1.87. The SMILES string of the molecule is O=c1[nH]c2c(F)cccc2n2nc(Cl)cc12. The summed E-state index contributed by atoms with van der Waals surface area (Å²) in [5.41, 5.74) is 0.473. The number of nitrogens with one attached hydrogen (secondary N) is 1. The summed E-state index contributed by atoms with van der Waals surface area (Å²) in [4.78, 5) is 14.1. The smallest absolute Gasteiger partial charge is 0.274 e. The number of benzene rings is 1. The summed E-state index contributed by atoms with van der Waals surface area (Å²) in [5, 5.41) is 4.14. The predicted octanol–water partition coefficient (Wildman–Crippen LogP) is 1.97. The maximum absolute atomic E-state index is 13.5. The Hall–Kier alpha value is -1.88. The van der Waals surface area contributed by atoms with Gasteiger partial charge in [-0.2, -0.15) is 5.10 Å². The Bertz CT molecular complexity index is 762. The quantitative estimate of drug-likeness (QED) is 0.650. The number of H-pyrrole nitrogens is 1. The molecule has 0 saturated carbocycles. The molecule has 0 aliphatic heterocycles. The second kappa shape index (κ2) is 3.05. The van der Waals surface area contributed by atoms with Gasteiger partial charge in [0, 0.05) is 6.07 Å². The van der Waals surface area contributed by atoms with E-state index in [9.17, 15) is 9.18 Å². The molecule has 0 fully saturated rings. The molecule has 1 N–H and O–H groups in total. The zero-order valence-corrected chi connectivity index (χ0v) is 8.62. The largest absolute Gasteiger partial charge is 0.316 e. The van der Waals surface area contributed by atoms with Crippen molar-refractivity contribution >= 4 is 28.2 Å². The standard InChI is InChI=1S/C10H5ClFN3O/c11-8-4-7-10(16)13-9-5(12)2-1-3-6(9)15(7)14-8/h1-4H,(H,13,16). The second-order valence-corrected chi connectivity index (χ2v) is 3.74. The summed E-state index contributed by atoms with van der Waals surface area (Å²) >= 11 is 5.72. The molecule has 0 amide bonds. The third kappa shape index (κ3) is 1.15. The van der Waals surface area contributed by atoms with Crippen LogP contribution in [0.2, 0.25) is 5.15 Å². The van der Waals surface area contributed by atoms with Crippen molar-refractivity contribution in [2.75, 3.05) is 0 Å². The minimum atomic E-state index is -0.497. The molecule has 0 aliphatic rings. The molecule has 4 nitrogen and oxygen atoms in total. The molecular formula is C10H5ClFN3O. The summed E-state index contributed by atoms with van der Waals surface area (Å²) in [6, 6.07) is 5.91. The van der Waals surface area contributed by atoms with Crippen LogP contribution >= 0.6 is 11.6 Å². The number of nitrogens with zero attached hydrogens (tertiary/aromatic N) is 2. The predicted molar refractivity (Wildman–Crippen MR) is 58.3 cm³/mol. The number of aromatic nitrogens is 3. The molecule has 16 heavy (non-hydrogen) atoms. The van der Waals surface area contributed by atoms with E-state index in [0.717, 1.165) is 0 Å². The van der Waals surface area contributed by atoms with Crippen molar-refractivity contribution in [3.8, 4) is 0 Å². The number of rotatable bonds is 0. The summed E-state index contributed by atoms with van der Waals surface area (Å²) in [7, 11) is 0. The molecule has 1 aromatic carbocycles. The average molecular weight is 238 g/mol. The number of hydrogen-bond donors (Lipinski definition) is 1. The van der Waals surface area contributed by atoms with Gasteiger partial charge in [-0.15, -0.1) is 0 Å². The molecule has 0 unspecified atom stereocenters. The Morgan fingerprint density at radius 1 is 1.38 bits per heavy atom. The maximum atomic E-state index is 13.5. The average Bonchev–Trinajstić information content (AvgIpc) is 2.63. The Balaban J connectivity index is 2.69. The summed E-state index contributed by atoms with van der Waals surface area (Å²) < 4.78 is 14.8. The molecule has 6 heteroatoms. The van der Waals surface area contributed by atoms with Crippen molar-refractivity contribution in [1.82, 2.24) is 14.6 Å². The lowest BCUT2D eigenvalue weighted by atomic mass is 10.3. The van der Waals surface area contributed by atoms with E-state index < -0.39 is 11.4 Å². The fraction of sp³-hybridized carbons (Fsp3) is 0. The lowest BCUT2D eigenvalue weighted by Gasteiger charge is -2.01. The van der Waals surface area contributed by atoms with E-state index in [1.54, 1.807) is 12.1 Å². The van der Waals surface area contributed by atoms with Crippen molar-refractivity contribution in [3.05, 3.63) is 45.6 Å². The Morgan fingerprint density at radius 2 is 2.19 bits per heavy atom. The maximum Gasteiger partial charge on any atom is 0.274 e. The zero-order chi connectivity index (χ0) is 11.3. The molecule has 0 radical (unpaired) electrons. The van der Waals surface area contributed by atoms with Gasteiger partial charge in [0.05, 0.1) is 5.52 Å². The molecule has 80 valence electrons. The van der Waals surface area contributed by atoms with Crippen LogP contribution in [0.15, 0.2) is 29.1 Å². The van der Waals surface area contributed by atoms with Crippen LogP contribution < -0.4 is 5.56 Å². The molecule has 0 atom stereocenters. The van der Waals surface area contributed by atoms with Crippen LogP contribution in [0.1, 0.15) is 0 Å². The van der Waals surface area contributed by atoms with Gasteiger partial charge < -0.3 is 4.98 Å². The summed E-state index contributed by atoms with van der Waals surface area (Å²) in [5.74, 6) is -0.497. The van der Waals surface area contributed by atoms with Crippen molar-refractivity contribution in [3.63, 3.8) is 0 Å². The van der Waals surface area contributed by atoms with Gasteiger partial charge in [-0.25, -0.2) is 8.91 Å². The van der Waals surface area contributed by atoms with Crippen LogP contribution in [-0.4, -0.2) is 14.6 Å². The molecule has 0 saturated heterocycles. The first-order chi connectivity index (χ1) is 7.66.